The zero-order valence-electron chi connectivity index (χ0n) is 10.8. The number of rotatable bonds is 4. The monoisotopic (exact) mass is 266 g/mol. The molecule has 2 N–H and O–H groups in total. The van der Waals surface area contributed by atoms with Gasteiger partial charge in [-0.2, -0.15) is 0 Å². The number of halogens is 1. The summed E-state index contributed by atoms with van der Waals surface area (Å²) in [4.78, 5) is 14.1. The second-order valence-corrected chi connectivity index (χ2v) is 5.43. The predicted molar refractivity (Wildman–Crippen MR) is 73.4 cm³/mol. The maximum absolute atomic E-state index is 12.2. The SMILES string of the molecule is CC(N)C(=O)N(C1CC1)[C@@H](C)c1cccc(Cl)c1. The Morgan fingerprint density at radius 1 is 1.44 bits per heavy atom. The van der Waals surface area contributed by atoms with E-state index in [1.165, 1.54) is 0 Å². The van der Waals surface area contributed by atoms with Crippen molar-refractivity contribution < 1.29 is 4.79 Å². The molecule has 1 aliphatic rings. The van der Waals surface area contributed by atoms with Crippen molar-refractivity contribution in [1.29, 1.82) is 0 Å². The highest BCUT2D eigenvalue weighted by molar-refractivity contribution is 6.30. The molecule has 0 aliphatic heterocycles. The molecule has 1 saturated carbocycles. The van der Waals surface area contributed by atoms with Gasteiger partial charge in [-0.3, -0.25) is 4.79 Å². The van der Waals surface area contributed by atoms with Crippen LogP contribution in [0.25, 0.3) is 0 Å². The van der Waals surface area contributed by atoms with Crippen molar-refractivity contribution in [1.82, 2.24) is 4.90 Å². The summed E-state index contributed by atoms with van der Waals surface area (Å²) >= 11 is 6.00. The van der Waals surface area contributed by atoms with Crippen molar-refractivity contribution in [2.75, 3.05) is 0 Å². The van der Waals surface area contributed by atoms with E-state index in [-0.39, 0.29) is 11.9 Å². The van der Waals surface area contributed by atoms with Crippen LogP contribution >= 0.6 is 11.6 Å². The summed E-state index contributed by atoms with van der Waals surface area (Å²) in [5, 5.41) is 0.698. The Morgan fingerprint density at radius 2 is 2.11 bits per heavy atom. The summed E-state index contributed by atoms with van der Waals surface area (Å²) in [5.74, 6) is 0.0185. The third-order valence-electron chi connectivity index (χ3n) is 3.33. The van der Waals surface area contributed by atoms with E-state index in [1.807, 2.05) is 36.1 Å². The molecule has 2 rings (SSSR count). The van der Waals surface area contributed by atoms with Gasteiger partial charge in [-0.05, 0) is 44.4 Å². The molecule has 98 valence electrons. The van der Waals surface area contributed by atoms with Crippen molar-refractivity contribution in [3.05, 3.63) is 34.9 Å². The molecule has 0 spiro atoms. The van der Waals surface area contributed by atoms with Crippen LogP contribution in [0.3, 0.4) is 0 Å². The molecule has 0 saturated heterocycles. The minimum atomic E-state index is -0.452. The zero-order valence-corrected chi connectivity index (χ0v) is 11.5. The van der Waals surface area contributed by atoms with Gasteiger partial charge in [0.15, 0.2) is 0 Å². The summed E-state index contributed by atoms with van der Waals surface area (Å²) in [6, 6.07) is 7.58. The van der Waals surface area contributed by atoms with E-state index in [9.17, 15) is 4.79 Å². The van der Waals surface area contributed by atoms with Gasteiger partial charge in [-0.15, -0.1) is 0 Å². The predicted octanol–water partition coefficient (Wildman–Crippen LogP) is 2.74. The first-order valence-electron chi connectivity index (χ1n) is 6.34. The van der Waals surface area contributed by atoms with E-state index in [2.05, 4.69) is 0 Å². The van der Waals surface area contributed by atoms with Crippen LogP contribution in [0, 0.1) is 0 Å². The van der Waals surface area contributed by atoms with Crippen LogP contribution in [0.5, 0.6) is 0 Å². The summed E-state index contributed by atoms with van der Waals surface area (Å²) < 4.78 is 0. The molecule has 1 aromatic rings. The molecule has 0 radical (unpaired) electrons. The van der Waals surface area contributed by atoms with Crippen LogP contribution in [-0.2, 0) is 4.79 Å². The Balaban J connectivity index is 2.23. The van der Waals surface area contributed by atoms with Gasteiger partial charge < -0.3 is 10.6 Å². The summed E-state index contributed by atoms with van der Waals surface area (Å²) in [7, 11) is 0. The summed E-state index contributed by atoms with van der Waals surface area (Å²) in [6.45, 7) is 3.77. The number of benzene rings is 1. The number of nitrogens with zero attached hydrogens (tertiary/aromatic N) is 1. The number of amides is 1. The number of carbonyl (C=O) groups excluding carboxylic acids is 1. The van der Waals surface area contributed by atoms with Gasteiger partial charge in [-0.1, -0.05) is 23.7 Å². The second kappa shape index (κ2) is 5.29. The minimum absolute atomic E-state index is 0.0185. The van der Waals surface area contributed by atoms with Crippen LogP contribution in [0.15, 0.2) is 24.3 Å². The molecule has 3 nitrogen and oxygen atoms in total. The Bertz CT molecular complexity index is 443. The molecule has 18 heavy (non-hydrogen) atoms. The number of hydrogen-bond acceptors (Lipinski definition) is 2. The van der Waals surface area contributed by atoms with Crippen molar-refractivity contribution in [2.24, 2.45) is 5.73 Å². The fourth-order valence-electron chi connectivity index (χ4n) is 2.20. The molecule has 2 atom stereocenters. The fourth-order valence-corrected chi connectivity index (χ4v) is 2.40. The smallest absolute Gasteiger partial charge is 0.239 e. The van der Waals surface area contributed by atoms with Crippen molar-refractivity contribution >= 4 is 17.5 Å². The summed E-state index contributed by atoms with van der Waals surface area (Å²) in [6.07, 6.45) is 2.15. The lowest BCUT2D eigenvalue weighted by atomic mass is 10.1. The third kappa shape index (κ3) is 2.85. The van der Waals surface area contributed by atoms with Crippen molar-refractivity contribution in [3.8, 4) is 0 Å². The average Bonchev–Trinajstić information content (AvgIpc) is 3.13. The van der Waals surface area contributed by atoms with E-state index >= 15 is 0 Å². The van der Waals surface area contributed by atoms with Gasteiger partial charge >= 0.3 is 0 Å². The van der Waals surface area contributed by atoms with E-state index in [1.54, 1.807) is 6.92 Å². The highest BCUT2D eigenvalue weighted by Gasteiger charge is 2.37. The molecule has 4 heteroatoms. The van der Waals surface area contributed by atoms with Gasteiger partial charge in [0.05, 0.1) is 12.1 Å². The number of nitrogens with two attached hydrogens (primary N) is 1. The molecule has 1 aliphatic carbocycles. The Morgan fingerprint density at radius 3 is 2.61 bits per heavy atom. The first-order valence-corrected chi connectivity index (χ1v) is 6.71. The summed E-state index contributed by atoms with van der Waals surface area (Å²) in [5.41, 5.74) is 6.79. The fraction of sp³-hybridized carbons (Fsp3) is 0.500. The van der Waals surface area contributed by atoms with Gasteiger partial charge in [0.2, 0.25) is 5.91 Å². The standard InChI is InChI=1S/C14H19ClN2O/c1-9(16)14(18)17(13-6-7-13)10(2)11-4-3-5-12(15)8-11/h3-5,8-10,13H,6-7,16H2,1-2H3/t9?,10-/m0/s1. The van der Waals surface area contributed by atoms with E-state index in [0.29, 0.717) is 11.1 Å². The van der Waals surface area contributed by atoms with Gasteiger partial charge in [0, 0.05) is 11.1 Å². The second-order valence-electron chi connectivity index (χ2n) is 5.00. The van der Waals surface area contributed by atoms with Crippen LogP contribution in [0.1, 0.15) is 38.3 Å². The topological polar surface area (TPSA) is 46.3 Å². The van der Waals surface area contributed by atoms with Crippen molar-refractivity contribution in [3.63, 3.8) is 0 Å². The van der Waals surface area contributed by atoms with E-state index in [0.717, 1.165) is 18.4 Å². The Kier molecular flexibility index (Phi) is 3.93. The Labute approximate surface area is 113 Å². The third-order valence-corrected chi connectivity index (χ3v) is 3.57. The first kappa shape index (κ1) is 13.4. The molecule has 0 bridgehead atoms. The minimum Gasteiger partial charge on any atom is -0.332 e. The normalized spacial score (nSPS) is 18.2. The maximum atomic E-state index is 12.2. The van der Waals surface area contributed by atoms with Crippen LogP contribution in [0.4, 0.5) is 0 Å². The molecule has 0 heterocycles. The van der Waals surface area contributed by atoms with Crippen LogP contribution in [0.2, 0.25) is 5.02 Å². The maximum Gasteiger partial charge on any atom is 0.239 e. The molecular formula is C14H19ClN2O. The average molecular weight is 267 g/mol. The largest absolute Gasteiger partial charge is 0.332 e. The highest BCUT2D eigenvalue weighted by atomic mass is 35.5. The zero-order chi connectivity index (χ0) is 13.3. The van der Waals surface area contributed by atoms with Crippen molar-refractivity contribution in [2.45, 2.75) is 44.8 Å². The molecular weight excluding hydrogens is 248 g/mol. The molecule has 1 amide bonds. The van der Waals surface area contributed by atoms with Crippen LogP contribution in [-0.4, -0.2) is 22.9 Å². The molecule has 0 aromatic heterocycles. The van der Waals surface area contributed by atoms with Gasteiger partial charge in [0.1, 0.15) is 0 Å². The number of carbonyl (C=O) groups is 1. The molecule has 1 aromatic carbocycles. The first-order chi connectivity index (χ1) is 8.50. The highest BCUT2D eigenvalue weighted by Crippen LogP contribution is 2.35. The Hall–Kier alpha value is -1.06. The number of hydrogen-bond donors (Lipinski definition) is 1. The molecule has 1 unspecified atom stereocenters. The molecule has 1 fully saturated rings. The lowest BCUT2D eigenvalue weighted by Gasteiger charge is -2.31. The van der Waals surface area contributed by atoms with Crippen LogP contribution < -0.4 is 5.73 Å². The lowest BCUT2D eigenvalue weighted by Crippen LogP contribution is -2.44. The van der Waals surface area contributed by atoms with Gasteiger partial charge in [-0.25, -0.2) is 0 Å². The van der Waals surface area contributed by atoms with E-state index in [4.69, 9.17) is 17.3 Å². The quantitative estimate of drug-likeness (QED) is 0.911. The lowest BCUT2D eigenvalue weighted by molar-refractivity contribution is -0.135. The van der Waals surface area contributed by atoms with E-state index < -0.39 is 6.04 Å². The van der Waals surface area contributed by atoms with Gasteiger partial charge in [0.25, 0.3) is 0 Å².